The summed E-state index contributed by atoms with van der Waals surface area (Å²) in [6.45, 7) is 2.39. The second kappa shape index (κ2) is 10.7. The number of fused-ring (bicyclic) bond motifs is 1. The molecular weight excluding hydrogens is 460 g/mol. The zero-order valence-electron chi connectivity index (χ0n) is 19.5. The van der Waals surface area contributed by atoms with Crippen molar-refractivity contribution in [2.75, 3.05) is 6.54 Å². The molecule has 0 fully saturated rings. The summed E-state index contributed by atoms with van der Waals surface area (Å²) in [7, 11) is 0. The predicted octanol–water partition coefficient (Wildman–Crippen LogP) is 3.57. The second-order valence-electron chi connectivity index (χ2n) is 8.60. The predicted molar refractivity (Wildman–Crippen MR) is 137 cm³/mol. The molecule has 1 aromatic carbocycles. The van der Waals surface area contributed by atoms with E-state index < -0.39 is 0 Å². The van der Waals surface area contributed by atoms with Crippen LogP contribution in [0.5, 0.6) is 0 Å². The fourth-order valence-corrected chi connectivity index (χ4v) is 5.01. The molecule has 0 saturated heterocycles. The van der Waals surface area contributed by atoms with Gasteiger partial charge in [0.15, 0.2) is 0 Å². The maximum absolute atomic E-state index is 12.4. The first-order chi connectivity index (χ1) is 17.2. The fourth-order valence-electron chi connectivity index (χ4n) is 4.27. The molecule has 0 spiro atoms. The SMILES string of the molecule is O=C(/C=C/c1cn(Cc2ccccc2)nc1-c1cccs1)NCCCn1nc2n(c1=O)CCCC2. The van der Waals surface area contributed by atoms with Gasteiger partial charge in [0.1, 0.15) is 11.5 Å². The number of benzene rings is 1. The Morgan fingerprint density at radius 3 is 2.80 bits per heavy atom. The van der Waals surface area contributed by atoms with Crippen LogP contribution in [0.25, 0.3) is 16.6 Å². The lowest BCUT2D eigenvalue weighted by atomic mass is 10.2. The number of carbonyl (C=O) groups excluding carboxylic acids is 1. The summed E-state index contributed by atoms with van der Waals surface area (Å²) in [5, 5.41) is 14.1. The van der Waals surface area contributed by atoms with Crippen molar-refractivity contribution in [1.82, 2.24) is 29.4 Å². The molecule has 0 bridgehead atoms. The molecule has 4 heterocycles. The highest BCUT2D eigenvalue weighted by atomic mass is 32.1. The van der Waals surface area contributed by atoms with Crippen molar-refractivity contribution in [2.24, 2.45) is 0 Å². The van der Waals surface area contributed by atoms with Crippen LogP contribution < -0.4 is 11.0 Å². The summed E-state index contributed by atoms with van der Waals surface area (Å²) in [6, 6.07) is 14.2. The molecule has 1 N–H and O–H groups in total. The first kappa shape index (κ1) is 23.0. The molecule has 5 rings (SSSR count). The molecule has 180 valence electrons. The summed E-state index contributed by atoms with van der Waals surface area (Å²) >= 11 is 1.62. The molecule has 3 aromatic heterocycles. The lowest BCUT2D eigenvalue weighted by Gasteiger charge is -2.09. The van der Waals surface area contributed by atoms with Crippen molar-refractivity contribution >= 4 is 23.3 Å². The molecule has 0 radical (unpaired) electrons. The zero-order chi connectivity index (χ0) is 24.0. The fraction of sp³-hybridized carbons (Fsp3) is 0.308. The van der Waals surface area contributed by atoms with Crippen LogP contribution in [0, 0.1) is 0 Å². The Labute approximate surface area is 207 Å². The number of rotatable bonds is 9. The Morgan fingerprint density at radius 1 is 1.11 bits per heavy atom. The topological polar surface area (TPSA) is 86.7 Å². The van der Waals surface area contributed by atoms with Crippen LogP contribution in [0.3, 0.4) is 0 Å². The molecule has 0 aliphatic carbocycles. The molecule has 0 unspecified atom stereocenters. The van der Waals surface area contributed by atoms with E-state index in [0.717, 1.165) is 47.8 Å². The number of aromatic nitrogens is 5. The van der Waals surface area contributed by atoms with E-state index in [4.69, 9.17) is 5.10 Å². The third kappa shape index (κ3) is 5.51. The summed E-state index contributed by atoms with van der Waals surface area (Å²) < 4.78 is 5.20. The molecule has 4 aromatic rings. The zero-order valence-corrected chi connectivity index (χ0v) is 20.3. The highest BCUT2D eigenvalue weighted by molar-refractivity contribution is 7.13. The minimum atomic E-state index is -0.172. The Balaban J connectivity index is 1.19. The van der Waals surface area contributed by atoms with Gasteiger partial charge in [-0.1, -0.05) is 36.4 Å². The van der Waals surface area contributed by atoms with E-state index in [1.165, 1.54) is 10.2 Å². The van der Waals surface area contributed by atoms with Crippen LogP contribution in [-0.4, -0.2) is 36.6 Å². The van der Waals surface area contributed by atoms with Gasteiger partial charge >= 0.3 is 5.69 Å². The van der Waals surface area contributed by atoms with E-state index in [-0.39, 0.29) is 11.6 Å². The molecule has 9 heteroatoms. The normalized spacial score (nSPS) is 13.3. The average molecular weight is 489 g/mol. The van der Waals surface area contributed by atoms with E-state index in [0.29, 0.717) is 26.1 Å². The first-order valence-corrected chi connectivity index (χ1v) is 12.8. The van der Waals surface area contributed by atoms with Crippen LogP contribution in [-0.2, 0) is 30.8 Å². The smallest absolute Gasteiger partial charge is 0.345 e. The molecule has 0 saturated carbocycles. The quantitative estimate of drug-likeness (QED) is 0.288. The van der Waals surface area contributed by atoms with E-state index in [9.17, 15) is 9.59 Å². The number of aryl methyl sites for hydroxylation is 2. The number of nitrogens with zero attached hydrogens (tertiary/aromatic N) is 5. The monoisotopic (exact) mass is 488 g/mol. The van der Waals surface area contributed by atoms with E-state index in [1.54, 1.807) is 22.0 Å². The minimum Gasteiger partial charge on any atom is -0.352 e. The van der Waals surface area contributed by atoms with Gasteiger partial charge < -0.3 is 5.32 Å². The van der Waals surface area contributed by atoms with Gasteiger partial charge in [-0.2, -0.15) is 10.2 Å². The van der Waals surface area contributed by atoms with Gasteiger partial charge in [-0.3, -0.25) is 14.0 Å². The first-order valence-electron chi connectivity index (χ1n) is 11.9. The van der Waals surface area contributed by atoms with Crippen LogP contribution in [0.4, 0.5) is 0 Å². The Hall–Kier alpha value is -3.72. The number of carbonyl (C=O) groups is 1. The van der Waals surface area contributed by atoms with Gasteiger partial charge in [0.25, 0.3) is 0 Å². The van der Waals surface area contributed by atoms with Crippen molar-refractivity contribution in [3.8, 4) is 10.6 Å². The lowest BCUT2D eigenvalue weighted by molar-refractivity contribution is -0.116. The van der Waals surface area contributed by atoms with Gasteiger partial charge in [-0.25, -0.2) is 9.48 Å². The van der Waals surface area contributed by atoms with Crippen molar-refractivity contribution in [3.05, 3.63) is 87.6 Å². The number of hydrogen-bond acceptors (Lipinski definition) is 5. The maximum atomic E-state index is 12.4. The van der Waals surface area contributed by atoms with Gasteiger partial charge in [-0.15, -0.1) is 11.3 Å². The van der Waals surface area contributed by atoms with Crippen molar-refractivity contribution in [2.45, 2.75) is 45.3 Å². The molecule has 1 amide bonds. The van der Waals surface area contributed by atoms with Crippen LogP contribution in [0.2, 0.25) is 0 Å². The maximum Gasteiger partial charge on any atom is 0.345 e. The average Bonchev–Trinajstić information content (AvgIpc) is 3.61. The molecule has 1 aliphatic heterocycles. The molecule has 35 heavy (non-hydrogen) atoms. The Morgan fingerprint density at radius 2 is 2.00 bits per heavy atom. The number of hydrogen-bond donors (Lipinski definition) is 1. The molecule has 8 nitrogen and oxygen atoms in total. The van der Waals surface area contributed by atoms with E-state index in [1.807, 2.05) is 52.7 Å². The highest BCUT2D eigenvalue weighted by Gasteiger charge is 2.16. The minimum absolute atomic E-state index is 0.0421. The molecular formula is C26H28N6O2S. The van der Waals surface area contributed by atoms with Gasteiger partial charge in [0.2, 0.25) is 5.91 Å². The largest absolute Gasteiger partial charge is 0.352 e. The molecule has 0 atom stereocenters. The van der Waals surface area contributed by atoms with Gasteiger partial charge in [0.05, 0.1) is 11.4 Å². The van der Waals surface area contributed by atoms with E-state index in [2.05, 4.69) is 22.5 Å². The van der Waals surface area contributed by atoms with Gasteiger partial charge in [0, 0.05) is 43.9 Å². The summed E-state index contributed by atoms with van der Waals surface area (Å²) in [5.74, 6) is 0.706. The van der Waals surface area contributed by atoms with E-state index >= 15 is 0 Å². The van der Waals surface area contributed by atoms with Crippen molar-refractivity contribution in [3.63, 3.8) is 0 Å². The Bertz CT molecular complexity index is 1360. The third-order valence-corrected chi connectivity index (χ3v) is 6.90. The van der Waals surface area contributed by atoms with Gasteiger partial charge in [-0.05, 0) is 42.3 Å². The second-order valence-corrected chi connectivity index (χ2v) is 9.55. The lowest BCUT2D eigenvalue weighted by Crippen LogP contribution is -2.28. The number of thiophene rings is 1. The van der Waals surface area contributed by atoms with Crippen molar-refractivity contribution < 1.29 is 4.79 Å². The molecule has 1 aliphatic rings. The third-order valence-electron chi connectivity index (χ3n) is 6.02. The number of amides is 1. The van der Waals surface area contributed by atoms with Crippen LogP contribution >= 0.6 is 11.3 Å². The summed E-state index contributed by atoms with van der Waals surface area (Å²) in [5.41, 5.74) is 2.88. The summed E-state index contributed by atoms with van der Waals surface area (Å²) in [4.78, 5) is 25.9. The van der Waals surface area contributed by atoms with Crippen LogP contribution in [0.1, 0.15) is 36.2 Å². The van der Waals surface area contributed by atoms with Crippen molar-refractivity contribution in [1.29, 1.82) is 0 Å². The standard InChI is InChI=1S/C26H28N6O2S/c33-24(27-14-7-16-32-26(34)31-15-5-4-11-23(31)28-32)13-12-21-19-30(18-20-8-2-1-3-9-20)29-25(21)22-10-6-17-35-22/h1-3,6,8-10,12-13,17,19H,4-5,7,11,14-16,18H2,(H,27,33)/b13-12+. The summed E-state index contributed by atoms with van der Waals surface area (Å²) in [6.07, 6.45) is 8.94. The Kier molecular flexibility index (Phi) is 7.04. The number of nitrogens with one attached hydrogen (secondary N) is 1. The van der Waals surface area contributed by atoms with Crippen LogP contribution in [0.15, 0.2) is 64.9 Å². The highest BCUT2D eigenvalue weighted by Crippen LogP contribution is 2.27.